The topological polar surface area (TPSA) is 92.5 Å². The minimum atomic E-state index is -0.851. The van der Waals surface area contributed by atoms with Gasteiger partial charge in [0.15, 0.2) is 0 Å². The van der Waals surface area contributed by atoms with Crippen molar-refractivity contribution in [2.45, 2.75) is 0 Å². The number of amides is 4. The van der Waals surface area contributed by atoms with E-state index in [-0.39, 0.29) is 17.0 Å². The van der Waals surface area contributed by atoms with Crippen LogP contribution in [0.4, 0.5) is 10.5 Å². The van der Waals surface area contributed by atoms with E-state index in [9.17, 15) is 14.4 Å². The zero-order valence-corrected chi connectivity index (χ0v) is 16.1. The van der Waals surface area contributed by atoms with Crippen LogP contribution >= 0.6 is 23.2 Å². The highest BCUT2D eigenvalue weighted by Gasteiger charge is 2.37. The molecule has 1 saturated heterocycles. The summed E-state index contributed by atoms with van der Waals surface area (Å²) in [5.41, 5.74) is 0.543. The van der Waals surface area contributed by atoms with E-state index in [1.807, 2.05) is 0 Å². The minimum Gasteiger partial charge on any atom is -0.457 e. The first-order valence-corrected chi connectivity index (χ1v) is 9.06. The van der Waals surface area contributed by atoms with Crippen molar-refractivity contribution in [2.24, 2.45) is 0 Å². The van der Waals surface area contributed by atoms with Gasteiger partial charge >= 0.3 is 6.03 Å². The molecule has 2 aromatic heterocycles. The molecular weight excluding hydrogens is 417 g/mol. The summed E-state index contributed by atoms with van der Waals surface area (Å²) in [6, 6.07) is 10.4. The number of hydrogen-bond donors (Lipinski definition) is 1. The van der Waals surface area contributed by atoms with E-state index >= 15 is 0 Å². The Bertz CT molecular complexity index is 1170. The van der Waals surface area contributed by atoms with E-state index in [0.29, 0.717) is 21.4 Å². The molecule has 0 unspecified atom stereocenters. The monoisotopic (exact) mass is 427 g/mol. The van der Waals surface area contributed by atoms with Crippen molar-refractivity contribution < 1.29 is 18.8 Å². The molecule has 0 atom stereocenters. The molecule has 1 fully saturated rings. The van der Waals surface area contributed by atoms with Crippen LogP contribution in [0.25, 0.3) is 17.4 Å². The molecule has 0 radical (unpaired) electrons. The lowest BCUT2D eigenvalue weighted by atomic mass is 10.1. The second-order valence-corrected chi connectivity index (χ2v) is 6.84. The number of halogens is 2. The van der Waals surface area contributed by atoms with Gasteiger partial charge < -0.3 is 4.42 Å². The fourth-order valence-corrected chi connectivity index (χ4v) is 3.16. The Labute approximate surface area is 174 Å². The largest absolute Gasteiger partial charge is 0.457 e. The molecule has 3 aromatic rings. The number of urea groups is 1. The molecule has 29 heavy (non-hydrogen) atoms. The van der Waals surface area contributed by atoms with E-state index in [0.717, 1.165) is 4.90 Å². The van der Waals surface area contributed by atoms with E-state index in [2.05, 4.69) is 10.3 Å². The van der Waals surface area contributed by atoms with Gasteiger partial charge in [-0.2, -0.15) is 0 Å². The molecular formula is C20H11Cl2N3O4. The van der Waals surface area contributed by atoms with Gasteiger partial charge in [-0.05, 0) is 48.5 Å². The molecule has 0 saturated carbocycles. The fraction of sp³-hybridized carbons (Fsp3) is 0. The van der Waals surface area contributed by atoms with Gasteiger partial charge in [-0.15, -0.1) is 0 Å². The van der Waals surface area contributed by atoms with Gasteiger partial charge in [0, 0.05) is 16.8 Å². The number of hydrogen-bond acceptors (Lipinski definition) is 5. The number of pyridine rings is 1. The molecule has 1 aliphatic heterocycles. The van der Waals surface area contributed by atoms with Gasteiger partial charge in [0.25, 0.3) is 11.8 Å². The number of carbonyl (C=O) groups is 3. The Morgan fingerprint density at radius 3 is 2.66 bits per heavy atom. The quantitative estimate of drug-likeness (QED) is 0.496. The predicted octanol–water partition coefficient (Wildman–Crippen LogP) is 4.31. The average molecular weight is 428 g/mol. The normalized spacial score (nSPS) is 15.7. The maximum atomic E-state index is 12.8. The Hall–Kier alpha value is -3.42. The van der Waals surface area contributed by atoms with Gasteiger partial charge in [0.2, 0.25) is 0 Å². The Balaban J connectivity index is 1.69. The molecule has 1 aromatic carbocycles. The predicted molar refractivity (Wildman–Crippen MR) is 107 cm³/mol. The molecule has 0 aliphatic carbocycles. The number of imide groups is 2. The van der Waals surface area contributed by atoms with Crippen molar-refractivity contribution in [1.82, 2.24) is 10.3 Å². The molecule has 3 heterocycles. The van der Waals surface area contributed by atoms with Crippen LogP contribution in [-0.2, 0) is 9.59 Å². The number of carbonyl (C=O) groups excluding carboxylic acids is 3. The first-order valence-electron chi connectivity index (χ1n) is 8.31. The number of barbiturate groups is 1. The third kappa shape index (κ3) is 3.65. The maximum Gasteiger partial charge on any atom is 0.336 e. The van der Waals surface area contributed by atoms with Crippen LogP contribution in [-0.4, -0.2) is 22.8 Å². The van der Waals surface area contributed by atoms with E-state index in [1.165, 1.54) is 24.5 Å². The summed E-state index contributed by atoms with van der Waals surface area (Å²) in [6.07, 6.45) is 4.11. The highest BCUT2D eigenvalue weighted by molar-refractivity contribution is 6.39. The summed E-state index contributed by atoms with van der Waals surface area (Å²) in [6.45, 7) is 0. The lowest BCUT2D eigenvalue weighted by molar-refractivity contribution is -0.122. The van der Waals surface area contributed by atoms with E-state index in [4.69, 9.17) is 27.6 Å². The molecule has 0 spiro atoms. The fourth-order valence-electron chi connectivity index (χ4n) is 2.78. The minimum absolute atomic E-state index is 0.232. The van der Waals surface area contributed by atoms with Crippen LogP contribution in [0.1, 0.15) is 5.76 Å². The highest BCUT2D eigenvalue weighted by Crippen LogP contribution is 2.32. The Morgan fingerprint density at radius 2 is 1.90 bits per heavy atom. The van der Waals surface area contributed by atoms with Crippen molar-refractivity contribution in [3.8, 4) is 11.3 Å². The lowest BCUT2D eigenvalue weighted by Gasteiger charge is -2.25. The van der Waals surface area contributed by atoms with Crippen molar-refractivity contribution in [3.05, 3.63) is 76.2 Å². The summed E-state index contributed by atoms with van der Waals surface area (Å²) in [5.74, 6) is -0.965. The molecule has 1 N–H and O–H groups in total. The maximum absolute atomic E-state index is 12.8. The molecule has 0 bridgehead atoms. The molecule has 1 aliphatic rings. The van der Waals surface area contributed by atoms with Crippen LogP contribution in [0, 0.1) is 0 Å². The van der Waals surface area contributed by atoms with Crippen molar-refractivity contribution in [3.63, 3.8) is 0 Å². The highest BCUT2D eigenvalue weighted by atomic mass is 35.5. The summed E-state index contributed by atoms with van der Waals surface area (Å²) < 4.78 is 5.71. The number of rotatable bonds is 3. The van der Waals surface area contributed by atoms with Crippen molar-refractivity contribution in [2.75, 3.05) is 4.90 Å². The van der Waals surface area contributed by atoms with Crippen LogP contribution in [0.2, 0.25) is 10.0 Å². The van der Waals surface area contributed by atoms with E-state index < -0.39 is 17.8 Å². The third-order valence-electron chi connectivity index (χ3n) is 4.11. The summed E-state index contributed by atoms with van der Waals surface area (Å²) in [7, 11) is 0. The van der Waals surface area contributed by atoms with Crippen molar-refractivity contribution >= 4 is 52.8 Å². The number of nitrogens with one attached hydrogen (secondary N) is 1. The molecule has 4 rings (SSSR count). The molecule has 144 valence electrons. The van der Waals surface area contributed by atoms with Crippen LogP contribution < -0.4 is 10.2 Å². The van der Waals surface area contributed by atoms with Gasteiger partial charge in [0.1, 0.15) is 17.1 Å². The standard InChI is InChI=1S/C20H11Cl2N3O4/c21-11-3-5-16(22)14(8-11)17-6-4-13(29-17)9-15-18(26)24-20(28)25(19(15)27)12-2-1-7-23-10-12/h1-10H,(H,24,26,28)/b15-9+. The van der Waals surface area contributed by atoms with Crippen molar-refractivity contribution in [1.29, 1.82) is 0 Å². The van der Waals surface area contributed by atoms with Crippen LogP contribution in [0.3, 0.4) is 0 Å². The van der Waals surface area contributed by atoms with Gasteiger partial charge in [-0.3, -0.25) is 19.9 Å². The zero-order valence-electron chi connectivity index (χ0n) is 14.6. The zero-order chi connectivity index (χ0) is 20.5. The van der Waals surface area contributed by atoms with Crippen LogP contribution in [0.15, 0.2) is 64.8 Å². The lowest BCUT2D eigenvalue weighted by Crippen LogP contribution is -2.54. The second kappa shape index (κ2) is 7.54. The molecule has 9 heteroatoms. The number of aromatic nitrogens is 1. The third-order valence-corrected chi connectivity index (χ3v) is 4.68. The van der Waals surface area contributed by atoms with Gasteiger partial charge in [0.05, 0.1) is 16.9 Å². The number of benzene rings is 1. The Kier molecular flexibility index (Phi) is 4.92. The summed E-state index contributed by atoms with van der Waals surface area (Å²) in [4.78, 5) is 41.9. The number of anilines is 1. The number of furan rings is 1. The van der Waals surface area contributed by atoms with E-state index in [1.54, 1.807) is 36.4 Å². The average Bonchev–Trinajstić information content (AvgIpc) is 3.16. The van der Waals surface area contributed by atoms with Gasteiger partial charge in [-0.1, -0.05) is 23.2 Å². The van der Waals surface area contributed by atoms with Gasteiger partial charge in [-0.25, -0.2) is 9.69 Å². The molecule has 4 amide bonds. The molecule has 7 nitrogen and oxygen atoms in total. The second-order valence-electron chi connectivity index (χ2n) is 6.00. The smallest absolute Gasteiger partial charge is 0.336 e. The number of nitrogens with zero attached hydrogens (tertiary/aromatic N) is 2. The summed E-state index contributed by atoms with van der Waals surface area (Å²) in [5, 5.41) is 3.05. The Morgan fingerprint density at radius 1 is 1.07 bits per heavy atom. The first kappa shape index (κ1) is 18.9. The summed E-state index contributed by atoms with van der Waals surface area (Å²) >= 11 is 12.2. The SMILES string of the molecule is O=C1NC(=O)N(c2cccnc2)C(=O)/C1=C/c1ccc(-c2cc(Cl)ccc2Cl)o1. The first-order chi connectivity index (χ1) is 13.9. The van der Waals surface area contributed by atoms with Crippen LogP contribution in [0.5, 0.6) is 0 Å².